The summed E-state index contributed by atoms with van der Waals surface area (Å²) in [6.45, 7) is 8.47. The summed E-state index contributed by atoms with van der Waals surface area (Å²) < 4.78 is 4.09. The Bertz CT molecular complexity index is 182. The Balaban J connectivity index is 2.51. The van der Waals surface area contributed by atoms with Crippen LogP contribution < -0.4 is 0 Å². The average Bonchev–Trinajstić information content (AvgIpc) is 2.09. The third kappa shape index (κ3) is 2.81. The lowest BCUT2D eigenvalue weighted by Crippen LogP contribution is -2.64. The molecule has 14 heavy (non-hydrogen) atoms. The van der Waals surface area contributed by atoms with Crippen molar-refractivity contribution in [1.82, 2.24) is 4.57 Å². The van der Waals surface area contributed by atoms with Crippen LogP contribution >= 0.6 is 0 Å². The first-order chi connectivity index (χ1) is 6.47. The van der Waals surface area contributed by atoms with E-state index in [2.05, 4.69) is 39.4 Å². The highest BCUT2D eigenvalue weighted by Crippen LogP contribution is 2.21. The first-order valence-electron chi connectivity index (χ1n) is 6.04. The minimum absolute atomic E-state index is 0.0940. The molecule has 1 fully saturated rings. The van der Waals surface area contributed by atoms with Crippen molar-refractivity contribution in [3.8, 4) is 0 Å². The van der Waals surface area contributed by atoms with Crippen molar-refractivity contribution in [1.29, 1.82) is 0 Å². The summed E-state index contributed by atoms with van der Waals surface area (Å²) in [6, 6.07) is 1.71. The molecule has 0 amide bonds. The summed E-state index contributed by atoms with van der Waals surface area (Å²) in [6.07, 6.45) is 4.09. The van der Waals surface area contributed by atoms with E-state index >= 15 is 0 Å². The molecular formula is C11H27N2Si+. The van der Waals surface area contributed by atoms with Crippen molar-refractivity contribution in [2.45, 2.75) is 52.1 Å². The summed E-state index contributed by atoms with van der Waals surface area (Å²) in [7, 11) is 4.74. The highest BCUT2D eigenvalue weighted by Gasteiger charge is 2.36. The van der Waals surface area contributed by atoms with Crippen LogP contribution in [0, 0.1) is 0 Å². The molecule has 0 aromatic heterocycles. The lowest BCUT2D eigenvalue weighted by molar-refractivity contribution is -0.814. The van der Waals surface area contributed by atoms with Crippen molar-refractivity contribution in [2.75, 3.05) is 20.6 Å². The molecule has 2 nitrogen and oxygen atoms in total. The largest absolute Gasteiger partial charge is 0.378 e. The fourth-order valence-corrected chi connectivity index (χ4v) is 4.48. The number of hydrogen-bond donors (Lipinski definition) is 0. The zero-order valence-corrected chi connectivity index (χ0v) is 12.0. The van der Waals surface area contributed by atoms with Crippen LogP contribution in [0.5, 0.6) is 0 Å². The van der Waals surface area contributed by atoms with Crippen LogP contribution in [0.3, 0.4) is 0 Å². The third-order valence-electron chi connectivity index (χ3n) is 3.84. The van der Waals surface area contributed by atoms with Gasteiger partial charge in [-0.3, -0.25) is 4.57 Å². The zero-order chi connectivity index (χ0) is 10.8. The van der Waals surface area contributed by atoms with E-state index in [4.69, 9.17) is 0 Å². The van der Waals surface area contributed by atoms with Crippen LogP contribution in [0.15, 0.2) is 0 Å². The molecule has 0 N–H and O–H groups in total. The van der Waals surface area contributed by atoms with Gasteiger partial charge in [-0.05, 0) is 26.8 Å². The molecule has 0 spiro atoms. The summed E-state index contributed by atoms with van der Waals surface area (Å²) in [5.41, 5.74) is 0. The molecule has 1 saturated heterocycles. The monoisotopic (exact) mass is 215 g/mol. The van der Waals surface area contributed by atoms with E-state index in [1.54, 1.807) is 0 Å². The summed E-state index contributed by atoms with van der Waals surface area (Å²) >= 11 is 0. The van der Waals surface area contributed by atoms with E-state index in [0.717, 1.165) is 12.1 Å². The van der Waals surface area contributed by atoms with E-state index in [1.807, 2.05) is 0 Å². The van der Waals surface area contributed by atoms with Gasteiger partial charge in [-0.1, -0.05) is 13.3 Å². The van der Waals surface area contributed by atoms with Crippen molar-refractivity contribution in [3.63, 3.8) is 0 Å². The molecular weight excluding hydrogens is 188 g/mol. The van der Waals surface area contributed by atoms with Crippen LogP contribution in [-0.4, -0.2) is 51.3 Å². The van der Waals surface area contributed by atoms with Crippen molar-refractivity contribution in [2.24, 2.45) is 0 Å². The van der Waals surface area contributed by atoms with Gasteiger partial charge in [0.15, 0.2) is 0 Å². The minimum atomic E-state index is -0.0940. The van der Waals surface area contributed by atoms with Gasteiger partial charge in [0, 0.05) is 12.5 Å². The van der Waals surface area contributed by atoms with Gasteiger partial charge in [0.25, 0.3) is 0 Å². The van der Waals surface area contributed by atoms with Crippen LogP contribution in [0.2, 0.25) is 0 Å². The molecule has 2 unspecified atom stereocenters. The van der Waals surface area contributed by atoms with Gasteiger partial charge >= 0.3 is 9.84 Å². The Morgan fingerprint density at radius 1 is 1.36 bits per heavy atom. The van der Waals surface area contributed by atoms with Crippen LogP contribution in [0.25, 0.3) is 0 Å². The number of quaternary nitrogens is 1. The predicted octanol–water partition coefficient (Wildman–Crippen LogP) is 1.34. The minimum Gasteiger partial charge on any atom is -0.378 e. The third-order valence-corrected chi connectivity index (χ3v) is 6.50. The van der Waals surface area contributed by atoms with Crippen molar-refractivity contribution >= 4 is 9.84 Å². The van der Waals surface area contributed by atoms with E-state index in [0.29, 0.717) is 0 Å². The lowest BCUT2D eigenvalue weighted by atomic mass is 10.1. The molecule has 3 heteroatoms. The molecule has 0 aromatic rings. The quantitative estimate of drug-likeness (QED) is 0.642. The number of nitrogens with zero attached hydrogens (tertiary/aromatic N) is 2. The topological polar surface area (TPSA) is 3.24 Å². The normalized spacial score (nSPS) is 34.9. The molecule has 0 bridgehead atoms. The van der Waals surface area contributed by atoms with Crippen LogP contribution in [-0.2, 0) is 0 Å². The van der Waals surface area contributed by atoms with Gasteiger partial charge in [0.2, 0.25) is 0 Å². The Labute approximate surface area is 91.8 Å². The molecule has 1 rings (SSSR count). The molecule has 0 aromatic carbocycles. The van der Waals surface area contributed by atoms with Crippen LogP contribution in [0.4, 0.5) is 0 Å². The number of rotatable bonds is 3. The van der Waals surface area contributed by atoms with E-state index in [9.17, 15) is 0 Å². The second-order valence-corrected chi connectivity index (χ2v) is 8.24. The molecule has 1 aliphatic rings. The van der Waals surface area contributed by atoms with Gasteiger partial charge in [0.05, 0.1) is 20.1 Å². The molecule has 2 atom stereocenters. The summed E-state index contributed by atoms with van der Waals surface area (Å²) in [4.78, 5) is 0. The first-order valence-corrected chi connectivity index (χ1v) is 7.30. The maximum atomic E-state index is 2.80. The maximum Gasteiger partial charge on any atom is 0.338 e. The first kappa shape index (κ1) is 12.2. The second-order valence-electron chi connectivity index (χ2n) is 5.52. The highest BCUT2D eigenvalue weighted by molar-refractivity contribution is 6.23. The Morgan fingerprint density at radius 2 is 2.00 bits per heavy atom. The Kier molecular flexibility index (Phi) is 4.16. The number of hydrogen-bond acceptors (Lipinski definition) is 1. The number of unbranched alkanes of at least 4 members (excludes halogenated alkanes) is 1. The standard InChI is InChI=1S/C11H27N2Si/c1-6-7-8-12-10(2)9-11(3)13(4,5)14-12/h10-11H,6-9,14H2,1-5H3/q+1. The van der Waals surface area contributed by atoms with Crippen molar-refractivity contribution in [3.05, 3.63) is 0 Å². The van der Waals surface area contributed by atoms with Gasteiger partial charge < -0.3 is 4.15 Å². The maximum absolute atomic E-state index is 2.80. The Hall–Kier alpha value is 0.137. The van der Waals surface area contributed by atoms with E-state index in [-0.39, 0.29) is 9.84 Å². The van der Waals surface area contributed by atoms with Crippen LogP contribution in [0.1, 0.15) is 40.0 Å². The van der Waals surface area contributed by atoms with E-state index < -0.39 is 0 Å². The average molecular weight is 215 g/mol. The van der Waals surface area contributed by atoms with Gasteiger partial charge in [-0.15, -0.1) is 0 Å². The fourth-order valence-electron chi connectivity index (χ4n) is 2.33. The molecule has 84 valence electrons. The van der Waals surface area contributed by atoms with E-state index in [1.165, 1.54) is 30.0 Å². The molecule has 0 saturated carbocycles. The van der Waals surface area contributed by atoms with Gasteiger partial charge in [-0.25, -0.2) is 0 Å². The molecule has 0 aliphatic carbocycles. The van der Waals surface area contributed by atoms with Crippen molar-refractivity contribution < 1.29 is 4.15 Å². The van der Waals surface area contributed by atoms with Gasteiger partial charge in [0.1, 0.15) is 0 Å². The Morgan fingerprint density at radius 3 is 2.57 bits per heavy atom. The fraction of sp³-hybridized carbons (Fsp3) is 1.00. The lowest BCUT2D eigenvalue weighted by Gasteiger charge is -2.48. The zero-order valence-electron chi connectivity index (χ0n) is 10.6. The smallest absolute Gasteiger partial charge is 0.338 e. The predicted molar refractivity (Wildman–Crippen MR) is 65.8 cm³/mol. The molecule has 0 radical (unpaired) electrons. The summed E-state index contributed by atoms with van der Waals surface area (Å²) in [5.74, 6) is 0. The summed E-state index contributed by atoms with van der Waals surface area (Å²) in [5, 5.41) is 0. The van der Waals surface area contributed by atoms with Gasteiger partial charge in [-0.2, -0.15) is 0 Å². The second kappa shape index (κ2) is 4.77. The highest BCUT2D eigenvalue weighted by atomic mass is 28.2. The molecule has 1 heterocycles. The molecule has 1 aliphatic heterocycles. The SMILES string of the molecule is CCCCN1[SiH2][N+](C)(C)C(C)CC1C.